The second kappa shape index (κ2) is 44.9. The molecule has 58 heavy (non-hydrogen) atoms. The molecule has 0 saturated heterocycles. The molecule has 0 aliphatic heterocycles. The Bertz CT molecular complexity index is 912. The van der Waals surface area contributed by atoms with Gasteiger partial charge < -0.3 is 19.3 Å². The van der Waals surface area contributed by atoms with E-state index in [1.54, 1.807) is 0 Å². The number of amidine groups is 1. The highest BCUT2D eigenvalue weighted by molar-refractivity contribution is 5.79. The number of carbonyl (C=O) groups is 2. The highest BCUT2D eigenvalue weighted by Crippen LogP contribution is 2.21. The fraction of sp³-hybridized carbons (Fsp3) is 0.941. The van der Waals surface area contributed by atoms with E-state index >= 15 is 0 Å². The summed E-state index contributed by atoms with van der Waals surface area (Å²) in [5, 5.41) is 0. The Kier molecular flexibility index (Phi) is 43.6. The molecule has 0 aromatic carbocycles. The fourth-order valence-corrected chi connectivity index (χ4v) is 7.99. The van der Waals surface area contributed by atoms with Crippen LogP contribution in [-0.2, 0) is 19.1 Å². The molecule has 1 atom stereocenters. The lowest BCUT2D eigenvalue weighted by Crippen LogP contribution is -2.31. The van der Waals surface area contributed by atoms with Crippen molar-refractivity contribution in [2.24, 2.45) is 10.9 Å². The van der Waals surface area contributed by atoms with Gasteiger partial charge in [-0.1, -0.05) is 188 Å². The van der Waals surface area contributed by atoms with Gasteiger partial charge in [0.05, 0.1) is 25.0 Å². The Morgan fingerprint density at radius 3 is 1.31 bits per heavy atom. The quantitative estimate of drug-likeness (QED) is 0.0264. The van der Waals surface area contributed by atoms with Crippen LogP contribution in [0.4, 0.5) is 0 Å². The molecule has 344 valence electrons. The van der Waals surface area contributed by atoms with E-state index < -0.39 is 0 Å². The third kappa shape index (κ3) is 38.6. The number of esters is 2. The summed E-state index contributed by atoms with van der Waals surface area (Å²) in [4.78, 5) is 34.6. The van der Waals surface area contributed by atoms with Crippen LogP contribution >= 0.6 is 0 Å². The largest absolute Gasteiger partial charge is 0.466 e. The minimum Gasteiger partial charge on any atom is -0.466 e. The van der Waals surface area contributed by atoms with Crippen molar-refractivity contribution in [1.82, 2.24) is 9.80 Å². The minimum absolute atomic E-state index is 0.00927. The molecule has 7 heteroatoms. The predicted octanol–water partition coefficient (Wildman–Crippen LogP) is 14.7. The second-order valence-electron chi connectivity index (χ2n) is 17.7. The number of aliphatic imine (C=N–C) groups is 1. The van der Waals surface area contributed by atoms with Gasteiger partial charge in [0.15, 0.2) is 0 Å². The molecule has 0 aromatic heterocycles. The average Bonchev–Trinajstić information content (AvgIpc) is 3.22. The molecule has 0 saturated carbocycles. The molecule has 0 N–H and O–H groups in total. The molecule has 0 bridgehead atoms. The zero-order chi connectivity index (χ0) is 42.6. The molecular weight excluding hydrogens is 719 g/mol. The first-order valence-electron chi connectivity index (χ1n) is 25.6. The minimum atomic E-state index is -0.00927. The molecule has 0 aliphatic carbocycles. The first-order valence-corrected chi connectivity index (χ1v) is 25.6. The van der Waals surface area contributed by atoms with Crippen molar-refractivity contribution in [2.75, 3.05) is 53.5 Å². The van der Waals surface area contributed by atoms with E-state index in [0.29, 0.717) is 19.6 Å². The summed E-state index contributed by atoms with van der Waals surface area (Å²) < 4.78 is 11.4. The van der Waals surface area contributed by atoms with Gasteiger partial charge in [-0.25, -0.2) is 0 Å². The van der Waals surface area contributed by atoms with Gasteiger partial charge in [-0.05, 0) is 77.9 Å². The van der Waals surface area contributed by atoms with Gasteiger partial charge in [-0.3, -0.25) is 14.6 Å². The van der Waals surface area contributed by atoms with E-state index in [0.717, 1.165) is 89.8 Å². The van der Waals surface area contributed by atoms with Crippen LogP contribution in [0.5, 0.6) is 0 Å². The molecule has 0 aromatic rings. The molecule has 0 aliphatic rings. The monoisotopic (exact) mass is 820 g/mol. The Morgan fingerprint density at radius 1 is 0.466 bits per heavy atom. The van der Waals surface area contributed by atoms with Crippen LogP contribution in [0.25, 0.3) is 0 Å². The first-order chi connectivity index (χ1) is 28.4. The maximum Gasteiger partial charge on any atom is 0.308 e. The van der Waals surface area contributed by atoms with E-state index in [1.807, 2.05) is 7.05 Å². The number of nitrogens with zero attached hydrogens (tertiary/aromatic N) is 3. The summed E-state index contributed by atoms with van der Waals surface area (Å²) >= 11 is 0. The second-order valence-corrected chi connectivity index (χ2v) is 17.7. The Hall–Kier alpha value is -1.63. The van der Waals surface area contributed by atoms with Crippen LogP contribution in [0.3, 0.4) is 0 Å². The van der Waals surface area contributed by atoms with E-state index in [-0.39, 0.29) is 17.9 Å². The van der Waals surface area contributed by atoms with Crippen molar-refractivity contribution < 1.29 is 19.1 Å². The number of carbonyl (C=O) groups excluding carboxylic acids is 2. The van der Waals surface area contributed by atoms with Crippen LogP contribution in [0, 0.1) is 5.92 Å². The topological polar surface area (TPSA) is 71.4 Å². The van der Waals surface area contributed by atoms with Gasteiger partial charge in [0.25, 0.3) is 0 Å². The Morgan fingerprint density at radius 2 is 0.845 bits per heavy atom. The molecule has 0 radical (unpaired) electrons. The van der Waals surface area contributed by atoms with Gasteiger partial charge in [-0.2, -0.15) is 0 Å². The summed E-state index contributed by atoms with van der Waals surface area (Å²) in [5.41, 5.74) is 0. The van der Waals surface area contributed by atoms with Crippen molar-refractivity contribution >= 4 is 17.8 Å². The molecular formula is C51H101N3O4. The molecule has 1 unspecified atom stereocenters. The van der Waals surface area contributed by atoms with Crippen molar-refractivity contribution in [3.63, 3.8) is 0 Å². The third-order valence-electron chi connectivity index (χ3n) is 12.2. The van der Waals surface area contributed by atoms with E-state index in [4.69, 9.17) is 9.47 Å². The average molecular weight is 820 g/mol. The van der Waals surface area contributed by atoms with Crippen LogP contribution < -0.4 is 0 Å². The number of unbranched alkanes of at least 4 members (excludes halogenated alkanes) is 26. The molecule has 0 heterocycles. The van der Waals surface area contributed by atoms with Gasteiger partial charge in [0.1, 0.15) is 0 Å². The maximum atomic E-state index is 13.1. The van der Waals surface area contributed by atoms with E-state index in [1.165, 1.54) is 161 Å². The lowest BCUT2D eigenvalue weighted by molar-refractivity contribution is -0.149. The molecule has 0 spiro atoms. The third-order valence-corrected chi connectivity index (χ3v) is 12.2. The summed E-state index contributed by atoms with van der Waals surface area (Å²) in [5.74, 6) is 1.26. The van der Waals surface area contributed by atoms with Gasteiger partial charge >= 0.3 is 11.9 Å². The highest BCUT2D eigenvalue weighted by Gasteiger charge is 2.19. The van der Waals surface area contributed by atoms with Gasteiger partial charge in [0, 0.05) is 27.1 Å². The lowest BCUT2D eigenvalue weighted by atomic mass is 9.94. The summed E-state index contributed by atoms with van der Waals surface area (Å²) in [6.45, 7) is 14.5. The lowest BCUT2D eigenvalue weighted by Gasteiger charge is -2.24. The van der Waals surface area contributed by atoms with Crippen LogP contribution in [0.1, 0.15) is 252 Å². The molecule has 0 fully saturated rings. The number of ether oxygens (including phenoxy) is 2. The zero-order valence-corrected chi connectivity index (χ0v) is 40.0. The van der Waals surface area contributed by atoms with Crippen molar-refractivity contribution in [3.05, 3.63) is 0 Å². The smallest absolute Gasteiger partial charge is 0.308 e. The van der Waals surface area contributed by atoms with Crippen molar-refractivity contribution in [1.29, 1.82) is 0 Å². The normalized spacial score (nSPS) is 12.4. The number of hydrogen-bond donors (Lipinski definition) is 0. The van der Waals surface area contributed by atoms with Crippen LogP contribution in [0.2, 0.25) is 0 Å². The number of hydrogen-bond acceptors (Lipinski definition) is 6. The highest BCUT2D eigenvalue weighted by atomic mass is 16.5. The maximum absolute atomic E-state index is 13.1. The first kappa shape index (κ1) is 56.4. The molecule has 0 amide bonds. The predicted molar refractivity (Wildman–Crippen MR) is 252 cm³/mol. The van der Waals surface area contributed by atoms with Gasteiger partial charge in [0.2, 0.25) is 0 Å². The van der Waals surface area contributed by atoms with Gasteiger partial charge in [-0.15, -0.1) is 0 Å². The van der Waals surface area contributed by atoms with E-state index in [9.17, 15) is 9.59 Å². The van der Waals surface area contributed by atoms with E-state index in [2.05, 4.69) is 49.5 Å². The summed E-state index contributed by atoms with van der Waals surface area (Å²) in [6.07, 6.45) is 42.1. The van der Waals surface area contributed by atoms with Crippen molar-refractivity contribution in [3.8, 4) is 0 Å². The molecule has 7 nitrogen and oxygen atoms in total. The van der Waals surface area contributed by atoms with Crippen LogP contribution in [-0.4, -0.2) is 81.1 Å². The number of rotatable bonds is 45. The SMILES string of the molecule is CCCCCCCCCCOC(=O)CCCCCCCN(CCCCCCCOC(=O)C(CCCCCCCC)CCCCCCCCC)CCCN(C)C(C)=NC. The molecule has 0 rings (SSSR count). The Labute approximate surface area is 362 Å². The summed E-state index contributed by atoms with van der Waals surface area (Å²) in [6, 6.07) is 0. The van der Waals surface area contributed by atoms with Crippen LogP contribution in [0.15, 0.2) is 4.99 Å². The fourth-order valence-electron chi connectivity index (χ4n) is 7.99. The summed E-state index contributed by atoms with van der Waals surface area (Å²) in [7, 11) is 4.01. The van der Waals surface area contributed by atoms with Crippen molar-refractivity contribution in [2.45, 2.75) is 252 Å². The Balaban J connectivity index is 4.37. The zero-order valence-electron chi connectivity index (χ0n) is 40.0. The standard InChI is InChI=1S/C51H101N3O4/c1-7-10-13-16-19-21-29-36-46-57-50(55)41-33-26-22-27-34-43-54(45-38-42-53(6)48(4)52-5)44-35-28-23-30-37-47-58-51(56)49(39-31-24-18-15-12-9-3)40-32-25-20-17-14-11-8-2/h49H,7-47H2,1-6H3.